The number of unbranched alkanes of at least 4 members (excludes halogenated alkanes) is 39. The Bertz CT molecular complexity index is 947. The summed E-state index contributed by atoms with van der Waals surface area (Å²) >= 11 is 0. The summed E-state index contributed by atoms with van der Waals surface area (Å²) < 4.78 is 0. The van der Waals surface area contributed by atoms with Gasteiger partial charge in [-0.25, -0.2) is 0 Å². The van der Waals surface area contributed by atoms with E-state index in [4.69, 9.17) is 0 Å². The molecule has 5 heteroatoms. The van der Waals surface area contributed by atoms with E-state index in [0.29, 0.717) is 6.42 Å². The largest absolute Gasteiger partial charge is 0.394 e. The van der Waals surface area contributed by atoms with Crippen LogP contribution in [0.15, 0.2) is 36.5 Å². The highest BCUT2D eigenvalue weighted by molar-refractivity contribution is 5.80. The fraction of sp³-hybridized carbons (Fsp3) is 0.875. The van der Waals surface area contributed by atoms with E-state index in [1.165, 1.54) is 225 Å². The minimum atomic E-state index is -1.11. The minimum Gasteiger partial charge on any atom is -0.394 e. The molecule has 3 atom stereocenters. The van der Waals surface area contributed by atoms with Crippen molar-refractivity contribution in [2.45, 2.75) is 308 Å². The topological polar surface area (TPSA) is 89.8 Å². The quantitative estimate of drug-likeness (QED) is 0.0362. The Labute approximate surface area is 381 Å². The van der Waals surface area contributed by atoms with Crippen molar-refractivity contribution in [1.29, 1.82) is 0 Å². The number of rotatable bonds is 50. The summed E-state index contributed by atoms with van der Waals surface area (Å²) in [6.45, 7) is 3.95. The molecule has 3 unspecified atom stereocenters. The molecule has 0 bridgehead atoms. The number of hydrogen-bond donors (Lipinski definition) is 4. The number of carbonyl (C=O) groups excluding carboxylic acids is 1. The second kappa shape index (κ2) is 51.2. The van der Waals surface area contributed by atoms with Crippen molar-refractivity contribution in [1.82, 2.24) is 5.32 Å². The van der Waals surface area contributed by atoms with Gasteiger partial charge in [0.25, 0.3) is 0 Å². The summed E-state index contributed by atoms with van der Waals surface area (Å²) in [4.78, 5) is 12.4. The standard InChI is InChI=1S/C56H107NO4/c1-3-5-7-9-11-13-14-15-16-17-18-19-20-21-22-23-24-25-26-27-28-29-30-31-32-33-34-35-36-37-38-39-40-41-43-45-47-49-51-55(60)56(61)57-53(52-58)54(59)50-48-46-44-42-12-10-8-6-4-2/h4,6,12,42,48,50,53-55,58-60H,3,5,7-11,13-41,43-47,49,51-52H2,1-2H3,(H,57,61)/b6-4+,42-12+,50-48+. The molecule has 0 rings (SSSR count). The molecule has 61 heavy (non-hydrogen) atoms. The average Bonchev–Trinajstić information content (AvgIpc) is 3.26. The van der Waals surface area contributed by atoms with Gasteiger partial charge in [0, 0.05) is 0 Å². The van der Waals surface area contributed by atoms with Gasteiger partial charge in [-0.05, 0) is 39.0 Å². The van der Waals surface area contributed by atoms with E-state index < -0.39 is 24.2 Å². The minimum absolute atomic E-state index is 0.380. The van der Waals surface area contributed by atoms with Crippen LogP contribution in [0, 0.1) is 0 Å². The number of nitrogens with one attached hydrogen (secondary N) is 1. The molecular formula is C56H107NO4. The van der Waals surface area contributed by atoms with Crippen LogP contribution < -0.4 is 5.32 Å². The number of carbonyl (C=O) groups is 1. The second-order valence-corrected chi connectivity index (χ2v) is 18.8. The molecule has 0 radical (unpaired) electrons. The zero-order chi connectivity index (χ0) is 44.4. The first-order valence-electron chi connectivity index (χ1n) is 27.3. The monoisotopic (exact) mass is 858 g/mol. The molecule has 0 spiro atoms. The van der Waals surface area contributed by atoms with Gasteiger partial charge in [-0.3, -0.25) is 4.79 Å². The van der Waals surface area contributed by atoms with Gasteiger partial charge >= 0.3 is 0 Å². The van der Waals surface area contributed by atoms with Crippen LogP contribution in [0.5, 0.6) is 0 Å². The summed E-state index contributed by atoms with van der Waals surface area (Å²) in [7, 11) is 0. The Morgan fingerprint density at radius 2 is 0.705 bits per heavy atom. The maximum absolute atomic E-state index is 12.4. The molecule has 1 amide bonds. The van der Waals surface area contributed by atoms with Crippen LogP contribution in [-0.4, -0.2) is 46.1 Å². The van der Waals surface area contributed by atoms with E-state index >= 15 is 0 Å². The van der Waals surface area contributed by atoms with E-state index in [9.17, 15) is 20.1 Å². The molecule has 0 heterocycles. The van der Waals surface area contributed by atoms with Crippen LogP contribution >= 0.6 is 0 Å². The summed E-state index contributed by atoms with van der Waals surface area (Å²) in [5, 5.41) is 33.0. The van der Waals surface area contributed by atoms with Crippen molar-refractivity contribution in [2.24, 2.45) is 0 Å². The van der Waals surface area contributed by atoms with Crippen LogP contribution in [-0.2, 0) is 4.79 Å². The Morgan fingerprint density at radius 3 is 1.00 bits per heavy atom. The first-order chi connectivity index (χ1) is 30.1. The van der Waals surface area contributed by atoms with Crippen LogP contribution in [0.1, 0.15) is 290 Å². The zero-order valence-electron chi connectivity index (χ0n) is 41.1. The third-order valence-electron chi connectivity index (χ3n) is 12.8. The van der Waals surface area contributed by atoms with Crippen molar-refractivity contribution in [3.8, 4) is 0 Å². The van der Waals surface area contributed by atoms with Crippen LogP contribution in [0.4, 0.5) is 0 Å². The van der Waals surface area contributed by atoms with Gasteiger partial charge in [-0.1, -0.05) is 287 Å². The molecule has 5 nitrogen and oxygen atoms in total. The van der Waals surface area contributed by atoms with E-state index in [-0.39, 0.29) is 6.61 Å². The molecule has 0 aromatic heterocycles. The Hall–Kier alpha value is -1.43. The van der Waals surface area contributed by atoms with Crippen molar-refractivity contribution >= 4 is 5.91 Å². The summed E-state index contributed by atoms with van der Waals surface area (Å²) in [6, 6.07) is -0.817. The number of hydrogen-bond acceptors (Lipinski definition) is 4. The molecule has 360 valence electrons. The fourth-order valence-corrected chi connectivity index (χ4v) is 8.58. The molecule has 0 aliphatic rings. The van der Waals surface area contributed by atoms with Gasteiger partial charge in [0.15, 0.2) is 0 Å². The SMILES string of the molecule is C/C=C/CC/C=C/CC/C=C/C(O)C(CO)NC(=O)C(O)CCCCCCCCCCCCCCCCCCCCCCCCCCCCCCCCCCCCCCCC. The number of amides is 1. The van der Waals surface area contributed by atoms with Crippen LogP contribution in [0.2, 0.25) is 0 Å². The van der Waals surface area contributed by atoms with E-state index in [0.717, 1.165) is 44.9 Å². The normalized spacial score (nSPS) is 13.6. The summed E-state index contributed by atoms with van der Waals surface area (Å²) in [5.74, 6) is -0.517. The lowest BCUT2D eigenvalue weighted by atomic mass is 10.0. The molecule has 0 aromatic rings. The zero-order valence-corrected chi connectivity index (χ0v) is 41.1. The smallest absolute Gasteiger partial charge is 0.249 e. The van der Waals surface area contributed by atoms with Gasteiger partial charge in [0.2, 0.25) is 5.91 Å². The predicted octanol–water partition coefficient (Wildman–Crippen LogP) is 16.7. The number of aliphatic hydroxyl groups excluding tert-OH is 3. The lowest BCUT2D eigenvalue weighted by Crippen LogP contribution is -2.48. The van der Waals surface area contributed by atoms with Crippen LogP contribution in [0.25, 0.3) is 0 Å². The van der Waals surface area contributed by atoms with Crippen LogP contribution in [0.3, 0.4) is 0 Å². The van der Waals surface area contributed by atoms with E-state index in [1.807, 2.05) is 13.0 Å². The first kappa shape index (κ1) is 59.6. The summed E-state index contributed by atoms with van der Waals surface area (Å²) in [6.07, 6.45) is 67.1. The molecule has 0 saturated carbocycles. The van der Waals surface area contributed by atoms with Gasteiger partial charge in [0.1, 0.15) is 6.10 Å². The molecule has 4 N–H and O–H groups in total. The Kier molecular flexibility index (Phi) is 50.0. The molecule has 0 fully saturated rings. The van der Waals surface area contributed by atoms with Crippen molar-refractivity contribution in [3.05, 3.63) is 36.5 Å². The van der Waals surface area contributed by atoms with Gasteiger partial charge in [-0.15, -0.1) is 0 Å². The first-order valence-corrected chi connectivity index (χ1v) is 27.3. The van der Waals surface area contributed by atoms with Gasteiger partial charge < -0.3 is 20.6 Å². The van der Waals surface area contributed by atoms with Gasteiger partial charge in [-0.2, -0.15) is 0 Å². The van der Waals surface area contributed by atoms with Crippen molar-refractivity contribution in [2.75, 3.05) is 6.61 Å². The molecule has 0 aliphatic carbocycles. The highest BCUT2D eigenvalue weighted by atomic mass is 16.3. The molecule has 0 aromatic carbocycles. The lowest BCUT2D eigenvalue weighted by Gasteiger charge is -2.21. The Morgan fingerprint density at radius 1 is 0.426 bits per heavy atom. The fourth-order valence-electron chi connectivity index (χ4n) is 8.58. The lowest BCUT2D eigenvalue weighted by molar-refractivity contribution is -0.131. The molecular weight excluding hydrogens is 751 g/mol. The number of aliphatic hydroxyl groups is 3. The molecule has 0 aliphatic heterocycles. The highest BCUT2D eigenvalue weighted by Gasteiger charge is 2.22. The highest BCUT2D eigenvalue weighted by Crippen LogP contribution is 2.18. The van der Waals surface area contributed by atoms with Gasteiger partial charge in [0.05, 0.1) is 18.8 Å². The maximum atomic E-state index is 12.4. The van der Waals surface area contributed by atoms with Crippen molar-refractivity contribution < 1.29 is 20.1 Å². The third-order valence-corrected chi connectivity index (χ3v) is 12.8. The van der Waals surface area contributed by atoms with E-state index in [2.05, 4.69) is 36.5 Å². The predicted molar refractivity (Wildman–Crippen MR) is 268 cm³/mol. The third kappa shape index (κ3) is 46.4. The second-order valence-electron chi connectivity index (χ2n) is 18.8. The number of allylic oxidation sites excluding steroid dienone is 5. The Balaban J connectivity index is 3.38. The average molecular weight is 858 g/mol. The summed E-state index contributed by atoms with van der Waals surface area (Å²) in [5.41, 5.74) is 0. The van der Waals surface area contributed by atoms with Crippen molar-refractivity contribution in [3.63, 3.8) is 0 Å². The van der Waals surface area contributed by atoms with E-state index in [1.54, 1.807) is 6.08 Å². The molecule has 0 saturated heterocycles. The maximum Gasteiger partial charge on any atom is 0.249 e.